The molecule has 4 N–H and O–H groups in total. The molecule has 3 heterocycles. The lowest BCUT2D eigenvalue weighted by molar-refractivity contribution is -0.119. The van der Waals surface area contributed by atoms with Crippen molar-refractivity contribution >= 4 is 56.7 Å². The summed E-state index contributed by atoms with van der Waals surface area (Å²) in [5.74, 6) is -0.442. The third-order valence-corrected chi connectivity index (χ3v) is 8.73. The number of nitrogens with zero attached hydrogens (tertiary/aromatic N) is 3. The lowest BCUT2D eigenvalue weighted by Crippen LogP contribution is -2.44. The van der Waals surface area contributed by atoms with Crippen LogP contribution in [0.3, 0.4) is 0 Å². The average Bonchev–Trinajstić information content (AvgIpc) is 3.31. The molecule has 0 radical (unpaired) electrons. The highest BCUT2D eigenvalue weighted by Crippen LogP contribution is 2.40. The quantitative estimate of drug-likeness (QED) is 0.243. The fraction of sp³-hybridized carbons (Fsp3) is 0.241. The Morgan fingerprint density at radius 3 is 2.41 bits per heavy atom. The molecule has 0 aliphatic carbocycles. The van der Waals surface area contributed by atoms with Crippen LogP contribution in [-0.4, -0.2) is 82.1 Å². The summed E-state index contributed by atoms with van der Waals surface area (Å²) < 4.78 is 24.4. The number of aromatic nitrogens is 1. The topological polar surface area (TPSA) is 144 Å². The number of likely N-dealkylation sites (N-methyl/N-ethyl adjacent to an activating group) is 1. The largest absolute Gasteiger partial charge is 0.465 e. The first-order valence-corrected chi connectivity index (χ1v) is 14.8. The van der Waals surface area contributed by atoms with Gasteiger partial charge < -0.3 is 20.3 Å². The van der Waals surface area contributed by atoms with E-state index in [0.29, 0.717) is 47.1 Å². The number of rotatable bonds is 7. The van der Waals surface area contributed by atoms with E-state index in [2.05, 4.69) is 15.6 Å². The van der Waals surface area contributed by atoms with Crippen LogP contribution in [0.2, 0.25) is 0 Å². The number of amides is 2. The van der Waals surface area contributed by atoms with Crippen LogP contribution in [0.15, 0.2) is 66.9 Å². The Morgan fingerprint density at radius 2 is 1.76 bits per heavy atom. The van der Waals surface area contributed by atoms with Crippen molar-refractivity contribution in [2.75, 3.05) is 60.8 Å². The molecule has 0 spiro atoms. The number of pyridine rings is 1. The summed E-state index contributed by atoms with van der Waals surface area (Å²) >= 11 is 0. The molecular formula is C29H31N5O6S. The molecule has 5 rings (SSSR count). The highest BCUT2D eigenvalue weighted by atomic mass is 32.3. The van der Waals surface area contributed by atoms with E-state index >= 15 is 0 Å². The van der Waals surface area contributed by atoms with Gasteiger partial charge in [-0.15, -0.1) is 0 Å². The van der Waals surface area contributed by atoms with Gasteiger partial charge in [-0.3, -0.25) is 28.6 Å². The van der Waals surface area contributed by atoms with E-state index in [4.69, 9.17) is 4.74 Å². The lowest BCUT2D eigenvalue weighted by Gasteiger charge is -2.41. The zero-order valence-electron chi connectivity index (χ0n) is 22.7. The van der Waals surface area contributed by atoms with Gasteiger partial charge in [-0.25, -0.2) is 4.79 Å². The fourth-order valence-electron chi connectivity index (χ4n) is 4.67. The third-order valence-electron chi connectivity index (χ3n) is 7.06. The third kappa shape index (κ3) is 6.25. The predicted molar refractivity (Wildman–Crippen MR) is 160 cm³/mol. The Labute approximate surface area is 239 Å². The Balaban J connectivity index is 1.38. The molecule has 12 heteroatoms. The molecule has 1 saturated heterocycles. The first-order valence-electron chi connectivity index (χ1n) is 12.9. The van der Waals surface area contributed by atoms with Crippen molar-refractivity contribution in [3.63, 3.8) is 0 Å². The number of esters is 1. The van der Waals surface area contributed by atoms with E-state index in [1.54, 1.807) is 18.0 Å². The number of carbonyl (C=O) groups excluding carboxylic acids is 3. The summed E-state index contributed by atoms with van der Waals surface area (Å²) in [4.78, 5) is 45.9. The number of nitrogens with one attached hydrogen (secondary N) is 2. The van der Waals surface area contributed by atoms with Crippen molar-refractivity contribution in [1.82, 2.24) is 9.88 Å². The lowest BCUT2D eigenvalue weighted by atomic mass is 10.0. The number of fused-ring (bicyclic) bond motifs is 1. The van der Waals surface area contributed by atoms with Crippen LogP contribution in [-0.2, 0) is 14.3 Å². The van der Waals surface area contributed by atoms with Crippen LogP contribution in [0.25, 0.3) is 11.3 Å². The van der Waals surface area contributed by atoms with Crippen molar-refractivity contribution in [2.24, 2.45) is 0 Å². The zero-order chi connectivity index (χ0) is 29.1. The van der Waals surface area contributed by atoms with Gasteiger partial charge in [0.05, 0.1) is 47.7 Å². The molecule has 2 aliphatic rings. The van der Waals surface area contributed by atoms with Crippen molar-refractivity contribution < 1.29 is 28.2 Å². The number of anilines is 3. The number of methoxy groups -OCH3 is 1. The maximum atomic E-state index is 13.2. The SMILES string of the molecule is COC(=O)c1cnc2c(c1)NC(=O)C2=C(Nc1ccc(N(C)C(=O)CN2CCS(O)(O)CC2)cc1)c1ccccc1. The van der Waals surface area contributed by atoms with Gasteiger partial charge in [0.25, 0.3) is 5.91 Å². The van der Waals surface area contributed by atoms with Crippen LogP contribution in [0.5, 0.6) is 0 Å². The summed E-state index contributed by atoms with van der Waals surface area (Å²) in [7, 11) is 0.467. The van der Waals surface area contributed by atoms with Gasteiger partial charge in [0.15, 0.2) is 0 Å². The molecule has 1 aromatic heterocycles. The van der Waals surface area contributed by atoms with Gasteiger partial charge in [-0.1, -0.05) is 30.3 Å². The van der Waals surface area contributed by atoms with Gasteiger partial charge in [-0.2, -0.15) is 10.6 Å². The van der Waals surface area contributed by atoms with Crippen molar-refractivity contribution in [3.8, 4) is 0 Å². The number of ether oxygens (including phenoxy) is 1. The summed E-state index contributed by atoms with van der Waals surface area (Å²) in [5, 5.41) is 6.15. The zero-order valence-corrected chi connectivity index (χ0v) is 23.5. The van der Waals surface area contributed by atoms with Gasteiger partial charge in [0.2, 0.25) is 5.91 Å². The van der Waals surface area contributed by atoms with Crippen LogP contribution in [0.4, 0.5) is 17.1 Å². The highest BCUT2D eigenvalue weighted by molar-refractivity contribution is 8.24. The van der Waals surface area contributed by atoms with Crippen molar-refractivity contribution in [1.29, 1.82) is 0 Å². The molecule has 2 amide bonds. The molecule has 0 atom stereocenters. The summed E-state index contributed by atoms with van der Waals surface area (Å²) in [6, 6.07) is 18.2. The minimum absolute atomic E-state index is 0.104. The van der Waals surface area contributed by atoms with E-state index in [1.165, 1.54) is 13.3 Å². The molecule has 11 nitrogen and oxygen atoms in total. The van der Waals surface area contributed by atoms with E-state index in [-0.39, 0.29) is 35.4 Å². The van der Waals surface area contributed by atoms with Gasteiger partial charge in [0.1, 0.15) is 5.69 Å². The van der Waals surface area contributed by atoms with Crippen LogP contribution < -0.4 is 15.5 Å². The summed E-state index contributed by atoms with van der Waals surface area (Å²) in [5.41, 5.74) is 4.07. The average molecular weight is 578 g/mol. The molecular weight excluding hydrogens is 546 g/mol. The number of hydrogen-bond acceptors (Lipinski definition) is 9. The summed E-state index contributed by atoms with van der Waals surface area (Å²) in [6.45, 7) is 1.13. The smallest absolute Gasteiger partial charge is 0.339 e. The second kappa shape index (κ2) is 11.7. The number of carbonyl (C=O) groups is 3. The molecule has 2 aliphatic heterocycles. The minimum atomic E-state index is -2.52. The van der Waals surface area contributed by atoms with Crippen molar-refractivity contribution in [2.45, 2.75) is 0 Å². The molecule has 41 heavy (non-hydrogen) atoms. The monoisotopic (exact) mass is 577 g/mol. The molecule has 0 saturated carbocycles. The van der Waals surface area contributed by atoms with Gasteiger partial charge >= 0.3 is 5.97 Å². The fourth-order valence-corrected chi connectivity index (χ4v) is 5.98. The second-order valence-electron chi connectivity index (χ2n) is 9.79. The van der Waals surface area contributed by atoms with Gasteiger partial charge in [0, 0.05) is 37.7 Å². The van der Waals surface area contributed by atoms with Crippen LogP contribution in [0, 0.1) is 0 Å². The molecule has 1 fully saturated rings. The molecule has 2 aromatic carbocycles. The van der Waals surface area contributed by atoms with Gasteiger partial charge in [-0.05, 0) is 35.9 Å². The standard InChI is InChI=1S/C29H31N5O6S/c1-33(24(35)18-34-12-14-41(38,39)15-13-34)22-10-8-21(9-11-22)31-26(19-6-4-3-5-7-19)25-27-23(32-28(25)36)16-20(17-30-27)29(37)40-2/h3-11,16-17,31,38-39H,12-15,18H2,1-2H3,(H,32,36). The van der Waals surface area contributed by atoms with E-state index < -0.39 is 16.6 Å². The highest BCUT2D eigenvalue weighted by Gasteiger charge is 2.31. The molecule has 0 unspecified atom stereocenters. The normalized spacial score (nSPS) is 18.1. The molecule has 214 valence electrons. The second-order valence-corrected chi connectivity index (χ2v) is 12.2. The van der Waals surface area contributed by atoms with E-state index in [9.17, 15) is 23.5 Å². The predicted octanol–water partition coefficient (Wildman–Crippen LogP) is 3.83. The number of hydrogen-bond donors (Lipinski definition) is 4. The minimum Gasteiger partial charge on any atom is -0.465 e. The van der Waals surface area contributed by atoms with Crippen LogP contribution >= 0.6 is 10.6 Å². The Morgan fingerprint density at radius 1 is 1.07 bits per heavy atom. The van der Waals surface area contributed by atoms with E-state index in [1.807, 2.05) is 59.5 Å². The number of benzene rings is 2. The Hall–Kier alpha value is -4.23. The Bertz CT molecular complexity index is 1500. The first-order chi connectivity index (χ1) is 19.6. The Kier molecular flexibility index (Phi) is 8.08. The maximum absolute atomic E-state index is 13.2. The van der Waals surface area contributed by atoms with Crippen molar-refractivity contribution in [3.05, 3.63) is 83.7 Å². The van der Waals surface area contributed by atoms with E-state index in [0.717, 1.165) is 5.56 Å². The maximum Gasteiger partial charge on any atom is 0.339 e. The van der Waals surface area contributed by atoms with Crippen LogP contribution in [0.1, 0.15) is 21.6 Å². The summed E-state index contributed by atoms with van der Waals surface area (Å²) in [6.07, 6.45) is 1.38. The molecule has 0 bridgehead atoms. The first kappa shape index (κ1) is 28.3. The molecule has 3 aromatic rings.